The van der Waals surface area contributed by atoms with E-state index in [1.807, 2.05) is 0 Å². The first-order valence-electron chi connectivity index (χ1n) is 3.04. The molecule has 0 aromatic heterocycles. The van der Waals surface area contributed by atoms with Crippen molar-refractivity contribution in [2.24, 2.45) is 5.73 Å². The van der Waals surface area contributed by atoms with Crippen molar-refractivity contribution in [2.75, 3.05) is 6.54 Å². The number of hydrogen-bond acceptors (Lipinski definition) is 2. The SMILES string of the molecule is [C-]#[N+]C/C=C/C(C)(N)C(=O)O. The summed E-state index contributed by atoms with van der Waals surface area (Å²) >= 11 is 0. The van der Waals surface area contributed by atoms with E-state index in [9.17, 15) is 4.79 Å². The van der Waals surface area contributed by atoms with Crippen LogP contribution < -0.4 is 5.73 Å². The Balaban J connectivity index is 4.14. The first-order valence-corrected chi connectivity index (χ1v) is 3.04. The molecule has 0 saturated carbocycles. The highest BCUT2D eigenvalue weighted by atomic mass is 16.4. The third kappa shape index (κ3) is 3.38. The van der Waals surface area contributed by atoms with Crippen molar-refractivity contribution in [3.8, 4) is 0 Å². The summed E-state index contributed by atoms with van der Waals surface area (Å²) in [4.78, 5) is 13.4. The van der Waals surface area contributed by atoms with Crippen LogP contribution in [0.25, 0.3) is 4.85 Å². The molecule has 0 aliphatic heterocycles. The Morgan fingerprint density at radius 3 is 2.82 bits per heavy atom. The van der Waals surface area contributed by atoms with Crippen LogP contribution in [0.2, 0.25) is 0 Å². The number of hydrogen-bond donors (Lipinski definition) is 2. The van der Waals surface area contributed by atoms with E-state index in [0.29, 0.717) is 0 Å². The highest BCUT2D eigenvalue weighted by Crippen LogP contribution is 2.00. The van der Waals surface area contributed by atoms with Gasteiger partial charge < -0.3 is 15.7 Å². The van der Waals surface area contributed by atoms with Crippen LogP contribution in [0.15, 0.2) is 12.2 Å². The number of rotatable bonds is 3. The lowest BCUT2D eigenvalue weighted by molar-refractivity contribution is -0.140. The van der Waals surface area contributed by atoms with Crippen LogP contribution in [0.5, 0.6) is 0 Å². The monoisotopic (exact) mass is 154 g/mol. The van der Waals surface area contributed by atoms with Gasteiger partial charge in [0.1, 0.15) is 5.54 Å². The average molecular weight is 154 g/mol. The van der Waals surface area contributed by atoms with Crippen molar-refractivity contribution in [3.05, 3.63) is 23.6 Å². The van der Waals surface area contributed by atoms with E-state index < -0.39 is 11.5 Å². The summed E-state index contributed by atoms with van der Waals surface area (Å²) in [7, 11) is 0. The molecule has 0 spiro atoms. The van der Waals surface area contributed by atoms with E-state index in [-0.39, 0.29) is 6.54 Å². The van der Waals surface area contributed by atoms with Gasteiger partial charge in [-0.2, -0.15) is 0 Å². The topological polar surface area (TPSA) is 67.7 Å². The number of nitrogens with two attached hydrogens (primary N) is 1. The predicted molar refractivity (Wildman–Crippen MR) is 40.8 cm³/mol. The summed E-state index contributed by atoms with van der Waals surface area (Å²) in [6, 6.07) is 0. The summed E-state index contributed by atoms with van der Waals surface area (Å²) in [6.45, 7) is 7.94. The minimum atomic E-state index is -1.36. The highest BCUT2D eigenvalue weighted by Gasteiger charge is 2.23. The first kappa shape index (κ1) is 9.66. The zero-order valence-electron chi connectivity index (χ0n) is 6.24. The molecule has 0 radical (unpaired) electrons. The van der Waals surface area contributed by atoms with Gasteiger partial charge in [0.05, 0.1) is 0 Å². The molecule has 0 heterocycles. The number of aliphatic carboxylic acids is 1. The molecule has 0 bridgehead atoms. The molecule has 0 aliphatic rings. The lowest BCUT2D eigenvalue weighted by Crippen LogP contribution is -2.42. The largest absolute Gasteiger partial charge is 0.480 e. The molecule has 1 unspecified atom stereocenters. The molecule has 4 heteroatoms. The first-order chi connectivity index (χ1) is 5.00. The fourth-order valence-electron chi connectivity index (χ4n) is 0.422. The molecule has 4 nitrogen and oxygen atoms in total. The van der Waals surface area contributed by atoms with Gasteiger partial charge in [0, 0.05) is 0 Å². The quantitative estimate of drug-likeness (QED) is 0.452. The van der Waals surface area contributed by atoms with Crippen molar-refractivity contribution in [1.29, 1.82) is 0 Å². The predicted octanol–water partition coefficient (Wildman–Crippen LogP) is 0.264. The molecule has 11 heavy (non-hydrogen) atoms. The third-order valence-electron chi connectivity index (χ3n) is 1.12. The van der Waals surface area contributed by atoms with Crippen LogP contribution in [0.1, 0.15) is 6.92 Å². The summed E-state index contributed by atoms with van der Waals surface area (Å²) in [5.74, 6) is -1.10. The van der Waals surface area contributed by atoms with E-state index in [0.717, 1.165) is 0 Å². The standard InChI is InChI=1S/C7H10N2O2/c1-7(8,6(10)11)4-3-5-9-2/h3-4H,5,8H2,1H3,(H,10,11)/b4-3+. The van der Waals surface area contributed by atoms with Gasteiger partial charge in [-0.3, -0.25) is 0 Å². The lowest BCUT2D eigenvalue weighted by Gasteiger charge is -2.12. The number of nitrogens with zero attached hydrogens (tertiary/aromatic N) is 1. The average Bonchev–Trinajstić information content (AvgIpc) is 1.88. The van der Waals surface area contributed by atoms with Crippen LogP contribution in [-0.2, 0) is 4.79 Å². The molecule has 0 aromatic rings. The van der Waals surface area contributed by atoms with E-state index >= 15 is 0 Å². The van der Waals surface area contributed by atoms with Crippen LogP contribution >= 0.6 is 0 Å². The van der Waals surface area contributed by atoms with Crippen molar-refractivity contribution in [1.82, 2.24) is 0 Å². The number of carboxylic acids is 1. The number of carboxylic acid groups (broad SMARTS) is 1. The molecule has 0 saturated heterocycles. The maximum Gasteiger partial charge on any atom is 0.327 e. The minimum Gasteiger partial charge on any atom is -0.480 e. The van der Waals surface area contributed by atoms with E-state index in [2.05, 4.69) is 4.85 Å². The Morgan fingerprint density at radius 2 is 2.45 bits per heavy atom. The van der Waals surface area contributed by atoms with Gasteiger partial charge in [-0.25, -0.2) is 11.4 Å². The van der Waals surface area contributed by atoms with Crippen LogP contribution in [-0.4, -0.2) is 23.2 Å². The molecule has 0 amide bonds. The molecule has 0 rings (SSSR count). The summed E-state index contributed by atoms with van der Waals surface area (Å²) in [5.41, 5.74) is 3.95. The fourth-order valence-corrected chi connectivity index (χ4v) is 0.422. The highest BCUT2D eigenvalue weighted by molar-refractivity contribution is 5.80. The van der Waals surface area contributed by atoms with Crippen molar-refractivity contribution >= 4 is 5.97 Å². The smallest absolute Gasteiger partial charge is 0.327 e. The Bertz CT molecular complexity index is 213. The molecule has 1 atom stereocenters. The summed E-state index contributed by atoms with van der Waals surface area (Å²) in [5, 5.41) is 8.49. The second-order valence-electron chi connectivity index (χ2n) is 2.33. The normalized spacial score (nSPS) is 15.7. The maximum atomic E-state index is 10.4. The van der Waals surface area contributed by atoms with Crippen molar-refractivity contribution in [3.63, 3.8) is 0 Å². The van der Waals surface area contributed by atoms with Crippen LogP contribution in [0.4, 0.5) is 0 Å². The Labute approximate surface area is 65.1 Å². The molecule has 3 N–H and O–H groups in total. The Morgan fingerprint density at radius 1 is 1.91 bits per heavy atom. The second-order valence-corrected chi connectivity index (χ2v) is 2.33. The Kier molecular flexibility index (Phi) is 3.28. The van der Waals surface area contributed by atoms with Crippen molar-refractivity contribution in [2.45, 2.75) is 12.5 Å². The molecule has 0 aromatic carbocycles. The van der Waals surface area contributed by atoms with E-state index in [4.69, 9.17) is 17.4 Å². The van der Waals surface area contributed by atoms with Crippen molar-refractivity contribution < 1.29 is 9.90 Å². The number of carbonyl (C=O) groups is 1. The minimum absolute atomic E-state index is 0.167. The molecular weight excluding hydrogens is 144 g/mol. The van der Waals surface area contributed by atoms with Gasteiger partial charge in [0.15, 0.2) is 0 Å². The van der Waals surface area contributed by atoms with E-state index in [1.54, 1.807) is 0 Å². The Hall–Kier alpha value is -1.34. The van der Waals surface area contributed by atoms with E-state index in [1.165, 1.54) is 19.1 Å². The van der Waals surface area contributed by atoms with Crippen LogP contribution in [0, 0.1) is 6.57 Å². The zero-order valence-corrected chi connectivity index (χ0v) is 6.24. The fraction of sp³-hybridized carbons (Fsp3) is 0.429. The molecule has 60 valence electrons. The van der Waals surface area contributed by atoms with Gasteiger partial charge in [0.25, 0.3) is 0 Å². The summed E-state index contributed by atoms with van der Waals surface area (Å²) in [6.07, 6.45) is 2.76. The zero-order chi connectivity index (χ0) is 8.91. The third-order valence-corrected chi connectivity index (χ3v) is 1.12. The molecular formula is C7H10N2O2. The van der Waals surface area contributed by atoms with Gasteiger partial charge in [-0.05, 0) is 13.0 Å². The molecule has 0 aliphatic carbocycles. The second kappa shape index (κ2) is 3.74. The summed E-state index contributed by atoms with van der Waals surface area (Å²) < 4.78 is 0. The van der Waals surface area contributed by atoms with Gasteiger partial charge in [-0.1, -0.05) is 6.08 Å². The molecule has 0 fully saturated rings. The van der Waals surface area contributed by atoms with Crippen LogP contribution in [0.3, 0.4) is 0 Å². The van der Waals surface area contributed by atoms with Gasteiger partial charge >= 0.3 is 5.97 Å². The van der Waals surface area contributed by atoms with Gasteiger partial charge in [0.2, 0.25) is 6.54 Å². The maximum absolute atomic E-state index is 10.4. The lowest BCUT2D eigenvalue weighted by atomic mass is 10.0. The van der Waals surface area contributed by atoms with Gasteiger partial charge in [-0.15, -0.1) is 0 Å².